The van der Waals surface area contributed by atoms with E-state index >= 15 is 0 Å². The van der Waals surface area contributed by atoms with Gasteiger partial charge in [-0.25, -0.2) is 0 Å². The molecule has 0 bridgehead atoms. The molecule has 1 heterocycles. The summed E-state index contributed by atoms with van der Waals surface area (Å²) in [4.78, 5) is 3.49. The molecule has 25 heavy (non-hydrogen) atoms. The molecule has 1 saturated carbocycles. The van der Waals surface area contributed by atoms with Crippen LogP contribution in [0.1, 0.15) is 56.7 Å². The smallest absolute Gasteiger partial charge is 0.0458 e. The monoisotopic (exact) mass is 336 g/mol. The standard InChI is InChI=1S/C23H32N2/c1-17-9-4-5-11-20(17)18(2)10-8-15-24-16-14-21-19(3)25-23-13-7-6-12-22(21)23/h6-7,12-13,24-25H,1,4-5,8-11,14-16H2,2-3H3/b20-18+. The second-order valence-electron chi connectivity index (χ2n) is 7.45. The van der Waals surface area contributed by atoms with E-state index < -0.39 is 0 Å². The molecule has 1 aliphatic rings. The lowest BCUT2D eigenvalue weighted by molar-refractivity contribution is 0.634. The molecular formula is C23H32N2. The van der Waals surface area contributed by atoms with Crippen LogP contribution in [-0.4, -0.2) is 18.1 Å². The van der Waals surface area contributed by atoms with Gasteiger partial charge in [0.05, 0.1) is 0 Å². The number of para-hydroxylation sites is 1. The van der Waals surface area contributed by atoms with Crippen LogP contribution in [0.5, 0.6) is 0 Å². The van der Waals surface area contributed by atoms with Crippen molar-refractivity contribution in [2.45, 2.75) is 58.8 Å². The van der Waals surface area contributed by atoms with Crippen molar-refractivity contribution in [3.63, 3.8) is 0 Å². The van der Waals surface area contributed by atoms with Crippen molar-refractivity contribution in [2.75, 3.05) is 13.1 Å². The van der Waals surface area contributed by atoms with Crippen LogP contribution in [0.15, 0.2) is 47.6 Å². The molecule has 2 heteroatoms. The average Bonchev–Trinajstić information content (AvgIpc) is 2.93. The fourth-order valence-electron chi connectivity index (χ4n) is 4.11. The van der Waals surface area contributed by atoms with E-state index in [0.29, 0.717) is 0 Å². The molecule has 1 aromatic heterocycles. The largest absolute Gasteiger partial charge is 0.358 e. The van der Waals surface area contributed by atoms with Crippen molar-refractivity contribution in [1.82, 2.24) is 10.3 Å². The number of allylic oxidation sites excluding steroid dienone is 3. The maximum Gasteiger partial charge on any atom is 0.0458 e. The summed E-state index contributed by atoms with van der Waals surface area (Å²) in [6.07, 6.45) is 8.63. The Morgan fingerprint density at radius 3 is 2.80 bits per heavy atom. The first-order chi connectivity index (χ1) is 12.2. The van der Waals surface area contributed by atoms with Gasteiger partial charge in [-0.2, -0.15) is 0 Å². The van der Waals surface area contributed by atoms with Gasteiger partial charge in [-0.1, -0.05) is 35.9 Å². The Balaban J connectivity index is 1.42. The molecule has 0 atom stereocenters. The summed E-state index contributed by atoms with van der Waals surface area (Å²) in [5.41, 5.74) is 8.55. The lowest BCUT2D eigenvalue weighted by Crippen LogP contribution is -2.18. The highest BCUT2D eigenvalue weighted by Gasteiger charge is 2.12. The van der Waals surface area contributed by atoms with Gasteiger partial charge in [0.25, 0.3) is 0 Å². The van der Waals surface area contributed by atoms with Gasteiger partial charge in [0, 0.05) is 16.6 Å². The molecule has 2 nitrogen and oxygen atoms in total. The highest BCUT2D eigenvalue weighted by Crippen LogP contribution is 2.31. The second kappa shape index (κ2) is 8.53. The maximum absolute atomic E-state index is 4.26. The van der Waals surface area contributed by atoms with Crippen LogP contribution in [0.2, 0.25) is 0 Å². The fraction of sp³-hybridized carbons (Fsp3) is 0.478. The summed E-state index contributed by atoms with van der Waals surface area (Å²) < 4.78 is 0. The highest BCUT2D eigenvalue weighted by atomic mass is 14.8. The van der Waals surface area contributed by atoms with E-state index in [4.69, 9.17) is 0 Å². The Labute approximate surface area is 152 Å². The van der Waals surface area contributed by atoms with Crippen molar-refractivity contribution in [1.29, 1.82) is 0 Å². The van der Waals surface area contributed by atoms with Gasteiger partial charge in [-0.3, -0.25) is 0 Å². The van der Waals surface area contributed by atoms with Gasteiger partial charge in [0.1, 0.15) is 0 Å². The van der Waals surface area contributed by atoms with Crippen LogP contribution in [-0.2, 0) is 6.42 Å². The Morgan fingerprint density at radius 2 is 1.96 bits per heavy atom. The number of rotatable bonds is 7. The van der Waals surface area contributed by atoms with E-state index in [1.807, 2.05) is 0 Å². The molecule has 2 aromatic rings. The number of aromatic amines is 1. The number of nitrogens with one attached hydrogen (secondary N) is 2. The SMILES string of the molecule is C=C1CCCC/C1=C(/C)CCCNCCc1c(C)[nH]c2ccccc12. The van der Waals surface area contributed by atoms with Crippen molar-refractivity contribution < 1.29 is 0 Å². The van der Waals surface area contributed by atoms with Gasteiger partial charge >= 0.3 is 0 Å². The van der Waals surface area contributed by atoms with E-state index in [1.165, 1.54) is 66.3 Å². The molecule has 0 amide bonds. The van der Waals surface area contributed by atoms with Crippen LogP contribution in [0.3, 0.4) is 0 Å². The normalized spacial score (nSPS) is 17.3. The van der Waals surface area contributed by atoms with E-state index in [2.05, 4.69) is 55.0 Å². The summed E-state index contributed by atoms with van der Waals surface area (Å²) in [5, 5.41) is 5.00. The third-order valence-electron chi connectivity index (χ3n) is 5.58. The summed E-state index contributed by atoms with van der Waals surface area (Å²) in [7, 11) is 0. The minimum Gasteiger partial charge on any atom is -0.358 e. The lowest BCUT2D eigenvalue weighted by atomic mass is 9.86. The minimum atomic E-state index is 1.05. The summed E-state index contributed by atoms with van der Waals surface area (Å²) >= 11 is 0. The second-order valence-corrected chi connectivity index (χ2v) is 7.45. The fourth-order valence-corrected chi connectivity index (χ4v) is 4.11. The number of aryl methyl sites for hydroxylation is 1. The number of fused-ring (bicyclic) bond motifs is 1. The van der Waals surface area contributed by atoms with Crippen LogP contribution in [0, 0.1) is 6.92 Å². The third-order valence-corrected chi connectivity index (χ3v) is 5.58. The molecule has 1 aliphatic carbocycles. The predicted molar refractivity (Wildman–Crippen MR) is 109 cm³/mol. The number of aromatic nitrogens is 1. The minimum absolute atomic E-state index is 1.05. The molecule has 1 aromatic carbocycles. The van der Waals surface area contributed by atoms with Gasteiger partial charge < -0.3 is 10.3 Å². The van der Waals surface area contributed by atoms with E-state index in [-0.39, 0.29) is 0 Å². The van der Waals surface area contributed by atoms with Crippen LogP contribution >= 0.6 is 0 Å². The molecule has 134 valence electrons. The zero-order valence-electron chi connectivity index (χ0n) is 15.9. The Kier molecular flexibility index (Phi) is 6.14. The van der Waals surface area contributed by atoms with Gasteiger partial charge in [-0.05, 0) is 89.1 Å². The molecule has 0 saturated heterocycles. The van der Waals surface area contributed by atoms with Crippen molar-refractivity contribution in [3.05, 3.63) is 58.8 Å². The molecule has 3 rings (SSSR count). The van der Waals surface area contributed by atoms with Gasteiger partial charge in [0.15, 0.2) is 0 Å². The van der Waals surface area contributed by atoms with Gasteiger partial charge in [-0.15, -0.1) is 0 Å². The molecular weight excluding hydrogens is 304 g/mol. The molecule has 0 radical (unpaired) electrons. The molecule has 0 unspecified atom stereocenters. The molecule has 0 spiro atoms. The molecule has 2 N–H and O–H groups in total. The number of H-pyrrole nitrogens is 1. The Hall–Kier alpha value is -1.80. The van der Waals surface area contributed by atoms with E-state index in [9.17, 15) is 0 Å². The zero-order valence-corrected chi connectivity index (χ0v) is 15.9. The van der Waals surface area contributed by atoms with Crippen molar-refractivity contribution >= 4 is 10.9 Å². The van der Waals surface area contributed by atoms with Crippen LogP contribution < -0.4 is 5.32 Å². The number of hydrogen-bond donors (Lipinski definition) is 2. The third kappa shape index (κ3) is 4.43. The Morgan fingerprint density at radius 1 is 1.16 bits per heavy atom. The highest BCUT2D eigenvalue weighted by molar-refractivity contribution is 5.84. The predicted octanol–water partition coefficient (Wildman–Crippen LogP) is 5.84. The van der Waals surface area contributed by atoms with Crippen LogP contribution in [0.4, 0.5) is 0 Å². The summed E-state index contributed by atoms with van der Waals surface area (Å²) in [6, 6.07) is 8.61. The van der Waals surface area contributed by atoms with Crippen LogP contribution in [0.25, 0.3) is 10.9 Å². The summed E-state index contributed by atoms with van der Waals surface area (Å²) in [5.74, 6) is 0. The number of benzene rings is 1. The van der Waals surface area contributed by atoms with E-state index in [1.54, 1.807) is 11.1 Å². The maximum atomic E-state index is 4.26. The Bertz CT molecular complexity index is 763. The number of hydrogen-bond acceptors (Lipinski definition) is 1. The molecule has 1 fully saturated rings. The van der Waals surface area contributed by atoms with Crippen molar-refractivity contribution in [2.24, 2.45) is 0 Å². The summed E-state index contributed by atoms with van der Waals surface area (Å²) in [6.45, 7) is 10.9. The first kappa shape index (κ1) is 18.0. The van der Waals surface area contributed by atoms with Crippen molar-refractivity contribution in [3.8, 4) is 0 Å². The lowest BCUT2D eigenvalue weighted by Gasteiger charge is -2.20. The van der Waals surface area contributed by atoms with E-state index in [0.717, 1.165) is 19.5 Å². The average molecular weight is 337 g/mol. The molecule has 0 aliphatic heterocycles. The topological polar surface area (TPSA) is 27.8 Å². The quantitative estimate of drug-likeness (QED) is 0.611. The first-order valence-corrected chi connectivity index (χ1v) is 9.80. The first-order valence-electron chi connectivity index (χ1n) is 9.80. The van der Waals surface area contributed by atoms with Gasteiger partial charge in [0.2, 0.25) is 0 Å². The zero-order chi connectivity index (χ0) is 17.6.